The van der Waals surface area contributed by atoms with Gasteiger partial charge in [0.25, 0.3) is 0 Å². The smallest absolute Gasteiger partial charge is 0.371 e. The van der Waals surface area contributed by atoms with Gasteiger partial charge < -0.3 is 14.6 Å². The Morgan fingerprint density at radius 1 is 0.553 bits per heavy atom. The maximum Gasteiger partial charge on any atom is 0.700 e. The standard InChI is InChI=1S/C14H14O3P.C10H14O4P.C3H8O2/c15-18(16-11-13-7-3-1-4-8-13)17-12-14-9-5-2-6-10-14;1-2-12-9-14-15(11)13-8-10-6-4-3-5-7-10;1-2-5-3-4/h1-10H,11-12H2;3-7H,2,8-9H2,1H3;4H,2-3H2,1H3/q2*+1;. The Bertz CT molecular complexity index is 930. The molecule has 3 aromatic rings. The second-order valence-corrected chi connectivity index (χ2v) is 9.01. The highest BCUT2D eigenvalue weighted by Crippen LogP contribution is 2.27. The molecule has 0 spiro atoms. The van der Waals surface area contributed by atoms with Crippen LogP contribution in [0.1, 0.15) is 30.5 Å². The molecule has 0 bridgehead atoms. The summed E-state index contributed by atoms with van der Waals surface area (Å²) < 4.78 is 51.9. The minimum Gasteiger partial charge on any atom is -0.371 e. The van der Waals surface area contributed by atoms with Crippen LogP contribution in [-0.4, -0.2) is 31.9 Å². The van der Waals surface area contributed by atoms with E-state index >= 15 is 0 Å². The lowest BCUT2D eigenvalue weighted by Gasteiger charge is -1.95. The van der Waals surface area contributed by atoms with Crippen LogP contribution in [0.5, 0.6) is 0 Å². The molecule has 3 rings (SSSR count). The van der Waals surface area contributed by atoms with Gasteiger partial charge in [-0.2, -0.15) is 0 Å². The van der Waals surface area contributed by atoms with Gasteiger partial charge in [0, 0.05) is 22.3 Å². The predicted molar refractivity (Wildman–Crippen MR) is 145 cm³/mol. The second-order valence-electron chi connectivity index (χ2n) is 7.09. The molecule has 0 amide bonds. The average Bonchev–Trinajstić information content (AvgIpc) is 2.97. The average molecular weight is 567 g/mol. The number of ether oxygens (including phenoxy) is 2. The van der Waals surface area contributed by atoms with Crippen molar-refractivity contribution in [3.05, 3.63) is 108 Å². The summed E-state index contributed by atoms with van der Waals surface area (Å²) in [5.74, 6) is 0. The van der Waals surface area contributed by atoms with E-state index in [0.717, 1.165) is 16.7 Å². The number of rotatable bonds is 15. The molecule has 0 heterocycles. The molecule has 1 atom stereocenters. The maximum atomic E-state index is 11.5. The summed E-state index contributed by atoms with van der Waals surface area (Å²) in [6, 6.07) is 28.7. The SMILES string of the molecule is CCOCO.CCOCO[P+](=O)OCc1ccccc1.O=[P+](OCc1ccccc1)OCc1ccccc1. The van der Waals surface area contributed by atoms with Crippen LogP contribution < -0.4 is 0 Å². The lowest BCUT2D eigenvalue weighted by atomic mass is 10.2. The number of hydrogen-bond acceptors (Lipinski definition) is 9. The van der Waals surface area contributed by atoms with Crippen LogP contribution in [0.15, 0.2) is 91.0 Å². The highest BCUT2D eigenvalue weighted by molar-refractivity contribution is 7.33. The van der Waals surface area contributed by atoms with E-state index < -0.39 is 16.5 Å². The number of hydrogen-bond donors (Lipinski definition) is 1. The first kappa shape index (κ1) is 33.6. The third-order valence-corrected chi connectivity index (χ3v) is 5.62. The highest BCUT2D eigenvalue weighted by Gasteiger charge is 2.21. The molecule has 38 heavy (non-hydrogen) atoms. The summed E-state index contributed by atoms with van der Waals surface area (Å²) in [5, 5.41) is 7.84. The third kappa shape index (κ3) is 18.8. The van der Waals surface area contributed by atoms with Gasteiger partial charge in [-0.25, -0.2) is 0 Å². The van der Waals surface area contributed by atoms with Gasteiger partial charge in [-0.1, -0.05) is 95.5 Å². The van der Waals surface area contributed by atoms with Crippen molar-refractivity contribution < 1.29 is 41.8 Å². The number of aliphatic hydroxyl groups is 1. The zero-order chi connectivity index (χ0) is 27.7. The molecule has 9 nitrogen and oxygen atoms in total. The van der Waals surface area contributed by atoms with Crippen molar-refractivity contribution in [3.63, 3.8) is 0 Å². The summed E-state index contributed by atoms with van der Waals surface area (Å²) in [5.41, 5.74) is 2.91. The predicted octanol–water partition coefficient (Wildman–Crippen LogP) is 6.92. The van der Waals surface area contributed by atoms with E-state index in [0.29, 0.717) is 26.4 Å². The molecule has 0 saturated carbocycles. The van der Waals surface area contributed by atoms with Crippen molar-refractivity contribution in [1.29, 1.82) is 0 Å². The molecular weight excluding hydrogens is 530 g/mol. The Hall–Kier alpha value is -2.42. The molecule has 0 aliphatic heterocycles. The van der Waals surface area contributed by atoms with E-state index in [1.165, 1.54) is 0 Å². The summed E-state index contributed by atoms with van der Waals surface area (Å²) in [6.07, 6.45) is 0. The number of aliphatic hydroxyl groups excluding tert-OH is 1. The van der Waals surface area contributed by atoms with Crippen LogP contribution in [0.2, 0.25) is 0 Å². The first-order chi connectivity index (χ1) is 18.6. The largest absolute Gasteiger partial charge is 0.700 e. The van der Waals surface area contributed by atoms with Gasteiger partial charge in [-0.3, -0.25) is 0 Å². The number of benzene rings is 3. The summed E-state index contributed by atoms with van der Waals surface area (Å²) in [4.78, 5) is 0. The molecule has 1 N–H and O–H groups in total. The van der Waals surface area contributed by atoms with Crippen LogP contribution in [0.4, 0.5) is 0 Å². The zero-order valence-electron chi connectivity index (χ0n) is 21.7. The van der Waals surface area contributed by atoms with Crippen molar-refractivity contribution in [2.45, 2.75) is 33.7 Å². The van der Waals surface area contributed by atoms with Crippen molar-refractivity contribution >= 4 is 16.5 Å². The van der Waals surface area contributed by atoms with E-state index in [9.17, 15) is 9.13 Å². The molecule has 0 saturated heterocycles. The van der Waals surface area contributed by atoms with Crippen LogP contribution in [0.3, 0.4) is 0 Å². The van der Waals surface area contributed by atoms with E-state index in [2.05, 4.69) is 4.74 Å². The van der Waals surface area contributed by atoms with Gasteiger partial charge in [0.2, 0.25) is 6.79 Å². The lowest BCUT2D eigenvalue weighted by molar-refractivity contribution is 0.00538. The van der Waals surface area contributed by atoms with Gasteiger partial charge in [-0.05, 0) is 30.5 Å². The minimum absolute atomic E-state index is 0.000489. The molecule has 0 aliphatic carbocycles. The Balaban J connectivity index is 0.000000327. The lowest BCUT2D eigenvalue weighted by Crippen LogP contribution is -1.95. The Morgan fingerprint density at radius 2 is 0.895 bits per heavy atom. The highest BCUT2D eigenvalue weighted by atomic mass is 31.1. The van der Waals surface area contributed by atoms with Gasteiger partial charge in [0.1, 0.15) is 26.6 Å². The molecular formula is C27H36O9P2+2. The maximum absolute atomic E-state index is 11.5. The van der Waals surface area contributed by atoms with E-state index in [1.807, 2.05) is 105 Å². The molecule has 0 aliphatic rings. The third-order valence-electron chi connectivity index (χ3n) is 4.28. The Morgan fingerprint density at radius 3 is 1.18 bits per heavy atom. The molecule has 3 aromatic carbocycles. The second kappa shape index (κ2) is 23.7. The molecule has 206 valence electrons. The summed E-state index contributed by atoms with van der Waals surface area (Å²) >= 11 is 0. The normalized spacial score (nSPS) is 10.4. The quantitative estimate of drug-likeness (QED) is 0.119. The van der Waals surface area contributed by atoms with Crippen molar-refractivity contribution in [2.24, 2.45) is 0 Å². The molecule has 0 fully saturated rings. The minimum atomic E-state index is -2.09. The van der Waals surface area contributed by atoms with Crippen LogP contribution in [0, 0.1) is 0 Å². The molecule has 11 heteroatoms. The van der Waals surface area contributed by atoms with Crippen LogP contribution >= 0.6 is 16.5 Å². The van der Waals surface area contributed by atoms with Crippen LogP contribution in [0.25, 0.3) is 0 Å². The Labute approximate surface area is 226 Å². The Kier molecular flexibility index (Phi) is 20.9. The fourth-order valence-corrected chi connectivity index (χ4v) is 3.51. The van der Waals surface area contributed by atoms with Crippen molar-refractivity contribution in [2.75, 3.05) is 26.8 Å². The zero-order valence-corrected chi connectivity index (χ0v) is 23.5. The van der Waals surface area contributed by atoms with E-state index in [-0.39, 0.29) is 20.2 Å². The summed E-state index contributed by atoms with van der Waals surface area (Å²) in [6.45, 7) is 5.50. The molecule has 0 aromatic heterocycles. The van der Waals surface area contributed by atoms with Gasteiger partial charge in [-0.15, -0.1) is 13.6 Å². The first-order valence-corrected chi connectivity index (χ1v) is 14.1. The van der Waals surface area contributed by atoms with Crippen molar-refractivity contribution in [1.82, 2.24) is 0 Å². The van der Waals surface area contributed by atoms with E-state index in [1.54, 1.807) is 0 Å². The fraction of sp³-hybridized carbons (Fsp3) is 0.333. The van der Waals surface area contributed by atoms with Crippen molar-refractivity contribution in [3.8, 4) is 0 Å². The van der Waals surface area contributed by atoms with Gasteiger partial charge in [0.05, 0.1) is 0 Å². The topological polar surface area (TPSA) is 110 Å². The monoisotopic (exact) mass is 566 g/mol. The van der Waals surface area contributed by atoms with Gasteiger partial charge >= 0.3 is 16.5 Å². The molecule has 0 radical (unpaired) electrons. The van der Waals surface area contributed by atoms with Crippen LogP contribution in [-0.2, 0) is 56.5 Å². The fourth-order valence-electron chi connectivity index (χ4n) is 2.43. The van der Waals surface area contributed by atoms with E-state index in [4.69, 9.17) is 27.9 Å². The summed E-state index contributed by atoms with van der Waals surface area (Å²) in [7, 11) is -4.17. The van der Waals surface area contributed by atoms with Gasteiger partial charge in [0.15, 0.2) is 0 Å². The first-order valence-electron chi connectivity index (χ1n) is 11.9. The molecule has 1 unspecified atom stereocenters.